The first-order valence-corrected chi connectivity index (χ1v) is 21.2. The van der Waals surface area contributed by atoms with E-state index in [1.807, 2.05) is 57.2 Å². The molecule has 1 fully saturated rings. The molecule has 13 nitrogen and oxygen atoms in total. The van der Waals surface area contributed by atoms with Gasteiger partial charge in [-0.1, -0.05) is 56.7 Å². The molecule has 3 heterocycles. The zero-order chi connectivity index (χ0) is 42.3. The van der Waals surface area contributed by atoms with Gasteiger partial charge >= 0.3 is 5.97 Å². The van der Waals surface area contributed by atoms with Crippen LogP contribution < -0.4 is 14.8 Å². The standard InChI is InChI=1S/C45H51N3O10S/c1-31-38(57-39-29-33(46(25-27-55-4)26-28-56-5)18-20-35(39)44(31)32-13-8-6-9-14-32)15-12-16-40-45(2,3)36-30-34(59(52,53)54)19-21-37(36)47(40)24-11-7-10-17-43(51)58-48-41(49)22-23-42(48)50/h6,8-9,12-16,18-21,29-30H,7,10-11,17,22-28H2,1-5H3/p+1. The quantitative estimate of drug-likeness (QED) is 0.0535. The molecule has 0 spiro atoms. The Balaban J connectivity index is 1.33. The average Bonchev–Trinajstić information content (AvgIpc) is 3.63. The molecule has 3 aliphatic heterocycles. The first-order chi connectivity index (χ1) is 28.2. The third-order valence-corrected chi connectivity index (χ3v) is 11.7. The maximum Gasteiger partial charge on any atom is 0.333 e. The second-order valence-electron chi connectivity index (χ2n) is 15.2. The third-order valence-electron chi connectivity index (χ3n) is 10.9. The van der Waals surface area contributed by atoms with Gasteiger partial charge in [0.2, 0.25) is 5.36 Å². The van der Waals surface area contributed by atoms with Crippen molar-refractivity contribution < 1.29 is 46.1 Å². The van der Waals surface area contributed by atoms with Gasteiger partial charge in [-0.05, 0) is 72.9 Å². The number of hydrogen-bond donors (Lipinski definition) is 1. The Morgan fingerprint density at radius 2 is 1.63 bits per heavy atom. The van der Waals surface area contributed by atoms with Crippen LogP contribution >= 0.6 is 0 Å². The van der Waals surface area contributed by atoms with Crippen LogP contribution in [0.2, 0.25) is 0 Å². The van der Waals surface area contributed by atoms with Crippen molar-refractivity contribution in [1.29, 1.82) is 0 Å². The Bertz CT molecular complexity index is 2390. The average molecular weight is 827 g/mol. The number of methoxy groups -OCH3 is 2. The van der Waals surface area contributed by atoms with E-state index in [1.165, 1.54) is 12.1 Å². The molecule has 4 aliphatic rings. The summed E-state index contributed by atoms with van der Waals surface area (Å²) in [5.74, 6) is -0.283. The van der Waals surface area contributed by atoms with E-state index < -0.39 is 33.3 Å². The van der Waals surface area contributed by atoms with Crippen molar-refractivity contribution in [3.8, 4) is 22.5 Å². The summed E-state index contributed by atoms with van der Waals surface area (Å²) >= 11 is 0. The number of unbranched alkanes of at least 4 members (excludes halogenated alkanes) is 2. The van der Waals surface area contributed by atoms with Crippen molar-refractivity contribution in [2.24, 2.45) is 0 Å². The van der Waals surface area contributed by atoms with Crippen LogP contribution in [0.1, 0.15) is 69.3 Å². The van der Waals surface area contributed by atoms with Crippen LogP contribution in [0.25, 0.3) is 28.5 Å². The van der Waals surface area contributed by atoms with Crippen molar-refractivity contribution in [3.05, 3.63) is 107 Å². The highest BCUT2D eigenvalue weighted by Crippen LogP contribution is 2.49. The van der Waals surface area contributed by atoms with Crippen molar-refractivity contribution in [2.75, 3.05) is 52.0 Å². The normalized spacial score (nSPS) is 15.9. The number of nitrogens with zero attached hydrogens (tertiary/aromatic N) is 3. The molecule has 0 aromatic heterocycles. The minimum Gasteiger partial charge on any atom is -0.456 e. The van der Waals surface area contributed by atoms with E-state index in [2.05, 4.69) is 39.8 Å². The molecular weight excluding hydrogens is 775 g/mol. The monoisotopic (exact) mass is 826 g/mol. The van der Waals surface area contributed by atoms with E-state index in [9.17, 15) is 27.4 Å². The number of anilines is 1. The van der Waals surface area contributed by atoms with E-state index in [0.29, 0.717) is 62.9 Å². The zero-order valence-corrected chi connectivity index (χ0v) is 35.0. The lowest BCUT2D eigenvalue weighted by molar-refractivity contribution is -0.197. The van der Waals surface area contributed by atoms with Gasteiger partial charge in [-0.25, -0.2) is 9.37 Å². The van der Waals surface area contributed by atoms with Crippen molar-refractivity contribution >= 4 is 39.7 Å². The number of benzene rings is 3. The summed E-state index contributed by atoms with van der Waals surface area (Å²) < 4.78 is 54.0. The molecule has 0 atom stereocenters. The number of hydroxylamine groups is 2. The van der Waals surface area contributed by atoms with E-state index in [0.717, 1.165) is 50.3 Å². The van der Waals surface area contributed by atoms with Gasteiger partial charge < -0.3 is 23.6 Å². The van der Waals surface area contributed by atoms with Gasteiger partial charge in [-0.3, -0.25) is 14.1 Å². The Morgan fingerprint density at radius 1 is 0.932 bits per heavy atom. The van der Waals surface area contributed by atoms with Gasteiger partial charge in [0.05, 0.1) is 11.0 Å². The second-order valence-corrected chi connectivity index (χ2v) is 16.6. The number of rotatable bonds is 17. The Hall–Kier alpha value is -5.41. The highest BCUT2D eigenvalue weighted by Gasteiger charge is 2.40. The minimum atomic E-state index is -4.45. The Kier molecular flexibility index (Phi) is 13.7. The highest BCUT2D eigenvalue weighted by molar-refractivity contribution is 7.85. The fourth-order valence-corrected chi connectivity index (χ4v) is 8.24. The predicted octanol–water partition coefficient (Wildman–Crippen LogP) is 6.53. The van der Waals surface area contributed by atoms with E-state index >= 15 is 0 Å². The number of ether oxygens (including phenoxy) is 2. The van der Waals surface area contributed by atoms with Crippen LogP contribution in [0.15, 0.2) is 93.9 Å². The van der Waals surface area contributed by atoms with Gasteiger partial charge in [0.15, 0.2) is 13.1 Å². The molecule has 2 aromatic rings. The van der Waals surface area contributed by atoms with Gasteiger partial charge in [0, 0.05) is 74.0 Å². The smallest absolute Gasteiger partial charge is 0.333 e. The molecule has 1 aliphatic carbocycles. The molecule has 0 radical (unpaired) electrons. The maximum atomic E-state index is 12.4. The predicted molar refractivity (Wildman–Crippen MR) is 224 cm³/mol. The van der Waals surface area contributed by atoms with Crippen molar-refractivity contribution in [3.63, 3.8) is 0 Å². The lowest BCUT2D eigenvalue weighted by atomic mass is 9.83. The molecule has 2 amide bonds. The number of amides is 2. The summed E-state index contributed by atoms with van der Waals surface area (Å²) in [5.41, 5.74) is 5.85. The second kappa shape index (κ2) is 18.7. The third kappa shape index (κ3) is 9.73. The molecule has 1 N–H and O–H groups in total. The van der Waals surface area contributed by atoms with Gasteiger partial charge in [0.25, 0.3) is 21.9 Å². The number of carbonyl (C=O) groups is 3. The lowest BCUT2D eigenvalue weighted by Crippen LogP contribution is -2.35. The Labute approximate surface area is 345 Å². The van der Waals surface area contributed by atoms with Crippen LogP contribution in [-0.2, 0) is 44.2 Å². The molecule has 0 bridgehead atoms. The summed E-state index contributed by atoms with van der Waals surface area (Å²) in [5, 5.41) is 1.54. The van der Waals surface area contributed by atoms with Crippen LogP contribution in [0.5, 0.6) is 0 Å². The first-order valence-electron chi connectivity index (χ1n) is 19.8. The number of hydrogen-bond acceptors (Lipinski definition) is 10. The molecule has 59 heavy (non-hydrogen) atoms. The molecule has 2 aromatic carbocycles. The molecule has 0 saturated carbocycles. The molecule has 14 heteroatoms. The maximum absolute atomic E-state index is 12.4. The van der Waals surface area contributed by atoms with Gasteiger partial charge in [-0.2, -0.15) is 8.42 Å². The summed E-state index contributed by atoms with van der Waals surface area (Å²) in [6.45, 7) is 9.08. The van der Waals surface area contributed by atoms with E-state index in [1.54, 1.807) is 20.3 Å². The number of carbonyl (C=O) groups excluding carboxylic acids is 3. The highest BCUT2D eigenvalue weighted by atomic mass is 32.2. The molecule has 6 rings (SSSR count). The van der Waals surface area contributed by atoms with Crippen molar-refractivity contribution in [1.82, 2.24) is 9.64 Å². The first kappa shape index (κ1) is 43.2. The van der Waals surface area contributed by atoms with Crippen molar-refractivity contribution in [2.45, 2.75) is 69.6 Å². The van der Waals surface area contributed by atoms with E-state index in [4.69, 9.17) is 18.7 Å². The number of fused-ring (bicyclic) bond motifs is 2. The van der Waals surface area contributed by atoms with Crippen LogP contribution in [-0.4, -0.2) is 82.9 Å². The number of imide groups is 1. The van der Waals surface area contributed by atoms with E-state index in [-0.39, 0.29) is 24.2 Å². The van der Waals surface area contributed by atoms with Crippen LogP contribution in [0, 0.1) is 6.92 Å². The topological polar surface area (TPSA) is 156 Å². The molecule has 312 valence electrons. The molecule has 1 saturated heterocycles. The summed E-state index contributed by atoms with van der Waals surface area (Å²) in [6.07, 6.45) is 7.78. The minimum absolute atomic E-state index is 0.0347. The lowest BCUT2D eigenvalue weighted by Gasteiger charge is -2.27. The molecule has 0 unspecified atom stereocenters. The number of allylic oxidation sites excluding steroid dienone is 3. The summed E-state index contributed by atoms with van der Waals surface area (Å²) in [6, 6.07) is 21.1. The summed E-state index contributed by atoms with van der Waals surface area (Å²) in [4.78, 5) is 43.0. The summed E-state index contributed by atoms with van der Waals surface area (Å²) in [7, 11) is -1.08. The fourth-order valence-electron chi connectivity index (χ4n) is 7.73. The largest absolute Gasteiger partial charge is 0.456 e. The fraction of sp³-hybridized carbons (Fsp3) is 0.378. The SMILES string of the molecule is COCC[N+](CCOC)=c1ccc2c(-c3ccccc3)c(C)c(/C=C/C=C3/N(CCCCCC(=O)ON4C(=O)CCC4=O)c4ccc(S(=O)(=O)O)cc4C3(C)C)oc-2c1. The zero-order valence-electron chi connectivity index (χ0n) is 34.2. The van der Waals surface area contributed by atoms with Gasteiger partial charge in [-0.15, -0.1) is 5.06 Å². The van der Waals surface area contributed by atoms with Gasteiger partial charge in [0.1, 0.15) is 24.7 Å². The van der Waals surface area contributed by atoms with Crippen LogP contribution in [0.3, 0.4) is 0 Å². The molecular formula is C45H52N3O10S+. The Morgan fingerprint density at radius 3 is 2.29 bits per heavy atom. The van der Waals surface area contributed by atoms with Crippen LogP contribution in [0.4, 0.5) is 5.69 Å².